The Labute approximate surface area is 171 Å². The molecule has 0 radical (unpaired) electrons. The Hall–Kier alpha value is -2.45. The van der Waals surface area contributed by atoms with Crippen molar-refractivity contribution in [2.45, 2.75) is 13.5 Å². The van der Waals surface area contributed by atoms with Gasteiger partial charge in [-0.25, -0.2) is 9.37 Å². The van der Waals surface area contributed by atoms with Crippen LogP contribution in [0.3, 0.4) is 0 Å². The summed E-state index contributed by atoms with van der Waals surface area (Å²) in [5, 5.41) is 0. The Morgan fingerprint density at radius 1 is 1.00 bits per heavy atom. The predicted octanol–water partition coefficient (Wildman–Crippen LogP) is 2.09. The van der Waals surface area contributed by atoms with Gasteiger partial charge in [0.05, 0.1) is 20.3 Å². The van der Waals surface area contributed by atoms with Gasteiger partial charge in [0.25, 0.3) is 0 Å². The molecule has 0 saturated carbocycles. The second-order valence-corrected chi connectivity index (χ2v) is 7.50. The highest BCUT2D eigenvalue weighted by atomic mass is 19.1. The molecule has 2 aromatic rings. The minimum absolute atomic E-state index is 0.284. The molecule has 2 saturated heterocycles. The van der Waals surface area contributed by atoms with Gasteiger partial charge in [-0.15, -0.1) is 0 Å². The van der Waals surface area contributed by atoms with Crippen molar-refractivity contribution in [1.29, 1.82) is 0 Å². The second kappa shape index (κ2) is 8.92. The molecule has 8 heteroatoms. The number of hydrogen-bond acceptors (Lipinski definition) is 7. The summed E-state index contributed by atoms with van der Waals surface area (Å²) in [6.45, 7) is 9.42. The fourth-order valence-corrected chi connectivity index (χ4v) is 3.80. The minimum atomic E-state index is -0.313. The number of benzene rings is 1. The first-order valence-electron chi connectivity index (χ1n) is 10.1. The van der Waals surface area contributed by atoms with E-state index >= 15 is 0 Å². The first kappa shape index (κ1) is 19.8. The van der Waals surface area contributed by atoms with Crippen molar-refractivity contribution in [3.05, 3.63) is 41.3 Å². The molecule has 2 aliphatic heterocycles. The number of ether oxygens (including phenoxy) is 2. The molecule has 156 valence electrons. The van der Waals surface area contributed by atoms with Gasteiger partial charge in [-0.1, -0.05) is 6.07 Å². The van der Waals surface area contributed by atoms with Gasteiger partial charge in [-0.3, -0.25) is 4.90 Å². The van der Waals surface area contributed by atoms with Gasteiger partial charge >= 0.3 is 0 Å². The third-order valence-corrected chi connectivity index (χ3v) is 5.44. The standard InChI is InChI=1S/C21H28FN5O2/c1-16-13-20(26-9-11-29-12-10-26)24-21(23-16)27-7-5-25(6-8-27)15-17-3-4-19(28-2)18(22)14-17/h3-4,13-14H,5-12,15H2,1-2H3. The fraction of sp³-hybridized carbons (Fsp3) is 0.524. The number of rotatable bonds is 5. The molecule has 0 bridgehead atoms. The van der Waals surface area contributed by atoms with Crippen LogP contribution in [-0.4, -0.2) is 74.5 Å². The summed E-state index contributed by atoms with van der Waals surface area (Å²) in [5.74, 6) is 1.74. The van der Waals surface area contributed by atoms with Crippen LogP contribution in [0.25, 0.3) is 0 Å². The molecule has 0 unspecified atom stereocenters. The maximum Gasteiger partial charge on any atom is 0.227 e. The van der Waals surface area contributed by atoms with E-state index in [1.807, 2.05) is 19.1 Å². The third-order valence-electron chi connectivity index (χ3n) is 5.44. The van der Waals surface area contributed by atoms with Crippen LogP contribution in [0.15, 0.2) is 24.3 Å². The summed E-state index contributed by atoms with van der Waals surface area (Å²) in [7, 11) is 1.48. The predicted molar refractivity (Wildman–Crippen MR) is 110 cm³/mol. The number of piperazine rings is 1. The molecule has 0 aliphatic carbocycles. The van der Waals surface area contributed by atoms with Crippen LogP contribution in [0.4, 0.5) is 16.2 Å². The number of halogens is 1. The Morgan fingerprint density at radius 3 is 2.45 bits per heavy atom. The van der Waals surface area contributed by atoms with Crippen molar-refractivity contribution < 1.29 is 13.9 Å². The monoisotopic (exact) mass is 401 g/mol. The normalized spacial score (nSPS) is 18.2. The maximum absolute atomic E-state index is 13.9. The highest BCUT2D eigenvalue weighted by molar-refractivity contribution is 5.46. The van der Waals surface area contributed by atoms with Gasteiger partial charge in [0.1, 0.15) is 5.82 Å². The van der Waals surface area contributed by atoms with Crippen molar-refractivity contribution in [3.8, 4) is 5.75 Å². The van der Waals surface area contributed by atoms with E-state index in [4.69, 9.17) is 14.5 Å². The first-order valence-corrected chi connectivity index (χ1v) is 10.1. The van der Waals surface area contributed by atoms with Gasteiger partial charge in [0.15, 0.2) is 11.6 Å². The number of morpholine rings is 1. The minimum Gasteiger partial charge on any atom is -0.494 e. The van der Waals surface area contributed by atoms with Crippen molar-refractivity contribution in [2.24, 2.45) is 0 Å². The summed E-state index contributed by atoms with van der Waals surface area (Å²) in [6, 6.07) is 7.22. The van der Waals surface area contributed by atoms with Gasteiger partial charge < -0.3 is 19.3 Å². The highest BCUT2D eigenvalue weighted by Gasteiger charge is 2.21. The first-order chi connectivity index (χ1) is 14.1. The number of aryl methyl sites for hydroxylation is 1. The van der Waals surface area contributed by atoms with Crippen LogP contribution in [0, 0.1) is 12.7 Å². The van der Waals surface area contributed by atoms with E-state index < -0.39 is 0 Å². The number of anilines is 2. The molecular weight excluding hydrogens is 373 g/mol. The summed E-state index contributed by atoms with van der Waals surface area (Å²) in [4.78, 5) is 16.3. The summed E-state index contributed by atoms with van der Waals surface area (Å²) >= 11 is 0. The van der Waals surface area contributed by atoms with Gasteiger partial charge in [0.2, 0.25) is 5.95 Å². The summed E-state index contributed by atoms with van der Waals surface area (Å²) < 4.78 is 24.4. The Bertz CT molecular complexity index is 836. The molecule has 4 rings (SSSR count). The van der Waals surface area contributed by atoms with E-state index in [-0.39, 0.29) is 11.6 Å². The fourth-order valence-electron chi connectivity index (χ4n) is 3.80. The SMILES string of the molecule is COc1ccc(CN2CCN(c3nc(C)cc(N4CCOCC4)n3)CC2)cc1F. The second-order valence-electron chi connectivity index (χ2n) is 7.50. The number of aromatic nitrogens is 2. The van der Waals surface area contributed by atoms with E-state index in [1.165, 1.54) is 7.11 Å². The molecule has 2 aliphatic rings. The van der Waals surface area contributed by atoms with Gasteiger partial charge in [-0.2, -0.15) is 4.98 Å². The average Bonchev–Trinajstić information content (AvgIpc) is 2.75. The zero-order chi connectivity index (χ0) is 20.2. The van der Waals surface area contributed by atoms with Gasteiger partial charge in [0, 0.05) is 57.6 Å². The zero-order valence-electron chi connectivity index (χ0n) is 17.1. The van der Waals surface area contributed by atoms with Crippen LogP contribution in [-0.2, 0) is 11.3 Å². The molecule has 7 nitrogen and oxygen atoms in total. The van der Waals surface area contributed by atoms with Crippen molar-refractivity contribution >= 4 is 11.8 Å². The number of nitrogens with zero attached hydrogens (tertiary/aromatic N) is 5. The lowest BCUT2D eigenvalue weighted by molar-refractivity contribution is 0.122. The summed E-state index contributed by atoms with van der Waals surface area (Å²) in [5.41, 5.74) is 1.94. The maximum atomic E-state index is 13.9. The lowest BCUT2D eigenvalue weighted by Crippen LogP contribution is -2.46. The highest BCUT2D eigenvalue weighted by Crippen LogP contribution is 2.22. The third kappa shape index (κ3) is 4.76. The van der Waals surface area contributed by atoms with E-state index in [0.29, 0.717) is 0 Å². The van der Waals surface area contributed by atoms with E-state index in [9.17, 15) is 4.39 Å². The van der Waals surface area contributed by atoms with Crippen LogP contribution < -0.4 is 14.5 Å². The van der Waals surface area contributed by atoms with Crippen LogP contribution in [0.2, 0.25) is 0 Å². The largest absolute Gasteiger partial charge is 0.494 e. The van der Waals surface area contributed by atoms with Crippen LogP contribution >= 0.6 is 0 Å². The smallest absolute Gasteiger partial charge is 0.227 e. The van der Waals surface area contributed by atoms with Crippen molar-refractivity contribution in [2.75, 3.05) is 69.4 Å². The van der Waals surface area contributed by atoms with Crippen molar-refractivity contribution in [3.63, 3.8) is 0 Å². The topological polar surface area (TPSA) is 54.0 Å². The van der Waals surface area contributed by atoms with E-state index in [2.05, 4.69) is 19.7 Å². The van der Waals surface area contributed by atoms with Crippen molar-refractivity contribution in [1.82, 2.24) is 14.9 Å². The molecule has 1 aromatic heterocycles. The molecule has 0 atom stereocenters. The molecule has 0 spiro atoms. The summed E-state index contributed by atoms with van der Waals surface area (Å²) in [6.07, 6.45) is 0. The lowest BCUT2D eigenvalue weighted by atomic mass is 10.2. The zero-order valence-corrected chi connectivity index (χ0v) is 17.1. The molecule has 1 aromatic carbocycles. The van der Waals surface area contributed by atoms with E-state index in [0.717, 1.165) is 82.1 Å². The average molecular weight is 401 g/mol. The molecular formula is C21H28FN5O2. The van der Waals surface area contributed by atoms with E-state index in [1.54, 1.807) is 12.1 Å². The molecule has 2 fully saturated rings. The molecule has 3 heterocycles. The molecule has 0 amide bonds. The molecule has 29 heavy (non-hydrogen) atoms. The lowest BCUT2D eigenvalue weighted by Gasteiger charge is -2.35. The van der Waals surface area contributed by atoms with Gasteiger partial charge in [-0.05, 0) is 24.6 Å². The number of methoxy groups -OCH3 is 1. The van der Waals surface area contributed by atoms with Crippen LogP contribution in [0.5, 0.6) is 5.75 Å². The Kier molecular flexibility index (Phi) is 6.10. The Balaban J connectivity index is 1.38. The number of hydrogen-bond donors (Lipinski definition) is 0. The van der Waals surface area contributed by atoms with Crippen LogP contribution in [0.1, 0.15) is 11.3 Å². The quantitative estimate of drug-likeness (QED) is 0.760. The Morgan fingerprint density at radius 2 is 1.76 bits per heavy atom. The molecule has 0 N–H and O–H groups in total.